The molecule has 0 aromatic carbocycles. The second kappa shape index (κ2) is 5.69. The summed E-state index contributed by atoms with van der Waals surface area (Å²) in [4.78, 5) is 5.00. The minimum atomic E-state index is 0.411. The van der Waals surface area contributed by atoms with E-state index in [2.05, 4.69) is 30.6 Å². The van der Waals surface area contributed by atoms with Crippen molar-refractivity contribution < 1.29 is 0 Å². The molecule has 1 rings (SSSR count). The molecule has 2 N–H and O–H groups in total. The van der Waals surface area contributed by atoms with Gasteiger partial charge < -0.3 is 10.6 Å². The van der Waals surface area contributed by atoms with Crippen molar-refractivity contribution in [1.29, 1.82) is 0 Å². The molecule has 0 radical (unpaired) electrons. The molecular formula is C11H25N3. The van der Waals surface area contributed by atoms with Crippen molar-refractivity contribution in [3.63, 3.8) is 0 Å². The first-order chi connectivity index (χ1) is 6.67. The number of hydrogen-bond donors (Lipinski definition) is 1. The van der Waals surface area contributed by atoms with E-state index in [4.69, 9.17) is 5.73 Å². The molecular weight excluding hydrogens is 174 g/mol. The molecule has 2 unspecified atom stereocenters. The summed E-state index contributed by atoms with van der Waals surface area (Å²) in [7, 11) is 0. The number of hydrogen-bond acceptors (Lipinski definition) is 3. The monoisotopic (exact) mass is 199 g/mol. The fraction of sp³-hybridized carbons (Fsp3) is 1.00. The van der Waals surface area contributed by atoms with Gasteiger partial charge in [-0.1, -0.05) is 13.8 Å². The smallest absolute Gasteiger partial charge is 0.0195 e. The van der Waals surface area contributed by atoms with Crippen molar-refractivity contribution in [2.45, 2.75) is 39.3 Å². The summed E-state index contributed by atoms with van der Waals surface area (Å²) in [5.74, 6) is 0. The van der Waals surface area contributed by atoms with Crippen molar-refractivity contribution in [3.8, 4) is 0 Å². The van der Waals surface area contributed by atoms with Crippen molar-refractivity contribution in [2.75, 3.05) is 32.7 Å². The standard InChI is InChI=1S/C11H25N3/c1-4-13(5-2)8-10(3)14-7-6-11(12)9-14/h10-11H,4-9,12H2,1-3H3. The Bertz CT molecular complexity index is 157. The zero-order valence-corrected chi connectivity index (χ0v) is 9.87. The minimum absolute atomic E-state index is 0.411. The van der Waals surface area contributed by atoms with Crippen LogP contribution in [0.15, 0.2) is 0 Å². The molecule has 2 atom stereocenters. The molecule has 1 saturated heterocycles. The molecule has 0 saturated carbocycles. The van der Waals surface area contributed by atoms with Crippen LogP contribution in [0, 0.1) is 0 Å². The molecule has 1 fully saturated rings. The third-order valence-corrected chi connectivity index (χ3v) is 3.30. The fourth-order valence-electron chi connectivity index (χ4n) is 2.19. The largest absolute Gasteiger partial charge is 0.326 e. The zero-order valence-electron chi connectivity index (χ0n) is 9.87. The maximum atomic E-state index is 5.90. The quantitative estimate of drug-likeness (QED) is 0.709. The van der Waals surface area contributed by atoms with Gasteiger partial charge >= 0.3 is 0 Å². The van der Waals surface area contributed by atoms with E-state index < -0.39 is 0 Å². The Balaban J connectivity index is 2.30. The molecule has 1 aliphatic rings. The third-order valence-electron chi connectivity index (χ3n) is 3.30. The van der Waals surface area contributed by atoms with E-state index in [1.807, 2.05) is 0 Å². The predicted octanol–water partition coefficient (Wildman–Crippen LogP) is 0.750. The summed E-state index contributed by atoms with van der Waals surface area (Å²) in [5, 5.41) is 0. The lowest BCUT2D eigenvalue weighted by Gasteiger charge is -2.29. The van der Waals surface area contributed by atoms with E-state index in [1.165, 1.54) is 19.5 Å². The Labute approximate surface area is 88.2 Å². The highest BCUT2D eigenvalue weighted by molar-refractivity contribution is 4.82. The second-order valence-electron chi connectivity index (χ2n) is 4.38. The van der Waals surface area contributed by atoms with Crippen LogP contribution in [-0.2, 0) is 0 Å². The van der Waals surface area contributed by atoms with Gasteiger partial charge in [-0.05, 0) is 26.4 Å². The van der Waals surface area contributed by atoms with Gasteiger partial charge in [-0.3, -0.25) is 4.90 Å². The zero-order chi connectivity index (χ0) is 10.6. The summed E-state index contributed by atoms with van der Waals surface area (Å²) < 4.78 is 0. The highest BCUT2D eigenvalue weighted by atomic mass is 15.2. The first-order valence-corrected chi connectivity index (χ1v) is 5.89. The van der Waals surface area contributed by atoms with Crippen LogP contribution < -0.4 is 5.73 Å². The summed E-state index contributed by atoms with van der Waals surface area (Å²) in [6.45, 7) is 12.5. The molecule has 0 aromatic heterocycles. The molecule has 3 nitrogen and oxygen atoms in total. The van der Waals surface area contributed by atoms with Crippen molar-refractivity contribution in [2.24, 2.45) is 5.73 Å². The summed E-state index contributed by atoms with van der Waals surface area (Å²) in [6, 6.07) is 1.07. The molecule has 1 heterocycles. The Kier molecular flexibility index (Phi) is 4.85. The highest BCUT2D eigenvalue weighted by Gasteiger charge is 2.23. The number of likely N-dealkylation sites (N-methyl/N-ethyl adjacent to an activating group) is 1. The molecule has 0 aliphatic carbocycles. The van der Waals surface area contributed by atoms with Gasteiger partial charge in [-0.2, -0.15) is 0 Å². The van der Waals surface area contributed by atoms with Crippen LogP contribution in [0.1, 0.15) is 27.2 Å². The van der Waals surface area contributed by atoms with E-state index in [0.717, 1.165) is 19.6 Å². The lowest BCUT2D eigenvalue weighted by molar-refractivity contribution is 0.180. The van der Waals surface area contributed by atoms with E-state index in [9.17, 15) is 0 Å². The van der Waals surface area contributed by atoms with Crippen LogP contribution in [-0.4, -0.2) is 54.6 Å². The highest BCUT2D eigenvalue weighted by Crippen LogP contribution is 2.11. The summed E-state index contributed by atoms with van der Waals surface area (Å²) in [5.41, 5.74) is 5.90. The van der Waals surface area contributed by atoms with Gasteiger partial charge in [0.15, 0.2) is 0 Å². The van der Waals surface area contributed by atoms with E-state index in [1.54, 1.807) is 0 Å². The van der Waals surface area contributed by atoms with Crippen molar-refractivity contribution in [3.05, 3.63) is 0 Å². The fourth-order valence-corrected chi connectivity index (χ4v) is 2.19. The molecule has 0 amide bonds. The average molecular weight is 199 g/mol. The van der Waals surface area contributed by atoms with E-state index in [-0.39, 0.29) is 0 Å². The molecule has 1 aliphatic heterocycles. The lowest BCUT2D eigenvalue weighted by atomic mass is 10.2. The van der Waals surface area contributed by atoms with Gasteiger partial charge in [0.1, 0.15) is 0 Å². The molecule has 0 aromatic rings. The Morgan fingerprint density at radius 3 is 2.50 bits per heavy atom. The predicted molar refractivity (Wildman–Crippen MR) is 61.4 cm³/mol. The first-order valence-electron chi connectivity index (χ1n) is 5.89. The van der Waals surface area contributed by atoms with Gasteiger partial charge in [0.2, 0.25) is 0 Å². The molecule has 3 heteroatoms. The molecule has 84 valence electrons. The Morgan fingerprint density at radius 2 is 2.07 bits per heavy atom. The molecule has 0 spiro atoms. The van der Waals surface area contributed by atoms with Gasteiger partial charge in [-0.25, -0.2) is 0 Å². The third kappa shape index (κ3) is 3.23. The van der Waals surface area contributed by atoms with Crippen LogP contribution in [0.3, 0.4) is 0 Å². The Morgan fingerprint density at radius 1 is 1.43 bits per heavy atom. The van der Waals surface area contributed by atoms with Crippen molar-refractivity contribution >= 4 is 0 Å². The normalized spacial score (nSPS) is 25.9. The molecule has 14 heavy (non-hydrogen) atoms. The van der Waals surface area contributed by atoms with Gasteiger partial charge in [0.05, 0.1) is 0 Å². The lowest BCUT2D eigenvalue weighted by Crippen LogP contribution is -2.42. The number of rotatable bonds is 5. The second-order valence-corrected chi connectivity index (χ2v) is 4.38. The van der Waals surface area contributed by atoms with Gasteiger partial charge in [0.25, 0.3) is 0 Å². The molecule has 0 bridgehead atoms. The first kappa shape index (κ1) is 12.0. The van der Waals surface area contributed by atoms with Crippen LogP contribution in [0.5, 0.6) is 0 Å². The van der Waals surface area contributed by atoms with Crippen molar-refractivity contribution in [1.82, 2.24) is 9.80 Å². The van der Waals surface area contributed by atoms with Crippen LogP contribution in [0.25, 0.3) is 0 Å². The topological polar surface area (TPSA) is 32.5 Å². The van der Waals surface area contributed by atoms with E-state index >= 15 is 0 Å². The minimum Gasteiger partial charge on any atom is -0.326 e. The van der Waals surface area contributed by atoms with Crippen LogP contribution in [0.4, 0.5) is 0 Å². The van der Waals surface area contributed by atoms with E-state index in [0.29, 0.717) is 12.1 Å². The summed E-state index contributed by atoms with van der Waals surface area (Å²) >= 11 is 0. The SMILES string of the molecule is CCN(CC)CC(C)N1CCC(N)C1. The maximum absolute atomic E-state index is 5.90. The maximum Gasteiger partial charge on any atom is 0.0195 e. The number of likely N-dealkylation sites (tertiary alicyclic amines) is 1. The number of nitrogens with zero attached hydrogens (tertiary/aromatic N) is 2. The van der Waals surface area contributed by atoms with Crippen LogP contribution in [0.2, 0.25) is 0 Å². The number of nitrogens with two attached hydrogens (primary N) is 1. The van der Waals surface area contributed by atoms with Gasteiger partial charge in [0, 0.05) is 31.7 Å². The van der Waals surface area contributed by atoms with Crippen LogP contribution >= 0.6 is 0 Å². The average Bonchev–Trinajstić information content (AvgIpc) is 2.61. The summed E-state index contributed by atoms with van der Waals surface area (Å²) in [6.07, 6.45) is 1.17. The van der Waals surface area contributed by atoms with Gasteiger partial charge in [-0.15, -0.1) is 0 Å². The Hall–Kier alpha value is -0.120.